The third-order valence-corrected chi connectivity index (χ3v) is 5.22. The van der Waals surface area contributed by atoms with Crippen molar-refractivity contribution >= 4 is 23.4 Å². The van der Waals surface area contributed by atoms with Gasteiger partial charge < -0.3 is 5.11 Å². The lowest BCUT2D eigenvalue weighted by atomic mass is 9.91. The summed E-state index contributed by atoms with van der Waals surface area (Å²) < 4.78 is 13.3. The van der Waals surface area contributed by atoms with Crippen LogP contribution in [0.1, 0.15) is 17.0 Å². The average molecular weight is 309 g/mol. The predicted molar refractivity (Wildman–Crippen MR) is 81.0 cm³/mol. The number of rotatable bonds is 3. The second kappa shape index (κ2) is 5.76. The quantitative estimate of drug-likeness (QED) is 0.913. The van der Waals surface area contributed by atoms with E-state index in [-0.39, 0.29) is 11.7 Å². The zero-order valence-corrected chi connectivity index (χ0v) is 12.3. The zero-order valence-electron chi connectivity index (χ0n) is 10.7. The van der Waals surface area contributed by atoms with Crippen molar-refractivity contribution in [3.8, 4) is 0 Å². The molecule has 2 aromatic rings. The molecule has 1 aliphatic heterocycles. The molecule has 1 aliphatic rings. The van der Waals surface area contributed by atoms with Crippen molar-refractivity contribution in [2.75, 3.05) is 5.75 Å². The van der Waals surface area contributed by atoms with Gasteiger partial charge in [0.15, 0.2) is 0 Å². The molecule has 4 heteroatoms. The fourth-order valence-corrected chi connectivity index (χ4v) is 4.09. The van der Waals surface area contributed by atoms with Crippen LogP contribution in [-0.4, -0.2) is 17.0 Å². The van der Waals surface area contributed by atoms with Gasteiger partial charge in [-0.05, 0) is 35.4 Å². The van der Waals surface area contributed by atoms with Gasteiger partial charge in [0.1, 0.15) is 5.82 Å². The lowest BCUT2D eigenvalue weighted by Crippen LogP contribution is -2.21. The summed E-state index contributed by atoms with van der Waals surface area (Å²) in [6.07, 6.45) is -0.179. The van der Waals surface area contributed by atoms with Crippen LogP contribution in [0.15, 0.2) is 47.4 Å². The minimum absolute atomic E-state index is 0.0792. The van der Waals surface area contributed by atoms with Crippen LogP contribution >= 0.6 is 23.4 Å². The highest BCUT2D eigenvalue weighted by Gasteiger charge is 2.29. The first-order valence-electron chi connectivity index (χ1n) is 6.49. The van der Waals surface area contributed by atoms with Gasteiger partial charge in [0.05, 0.1) is 6.10 Å². The van der Waals surface area contributed by atoms with Crippen molar-refractivity contribution in [3.05, 3.63) is 64.4 Å². The van der Waals surface area contributed by atoms with Crippen molar-refractivity contribution in [1.82, 2.24) is 0 Å². The van der Waals surface area contributed by atoms with Gasteiger partial charge in [0.25, 0.3) is 0 Å². The van der Waals surface area contributed by atoms with Crippen LogP contribution in [0.25, 0.3) is 0 Å². The summed E-state index contributed by atoms with van der Waals surface area (Å²) in [6.45, 7) is 0. The molecule has 0 spiro atoms. The van der Waals surface area contributed by atoms with Gasteiger partial charge in [0.2, 0.25) is 0 Å². The molecule has 0 fully saturated rings. The number of thioether (sulfide) groups is 1. The van der Waals surface area contributed by atoms with E-state index >= 15 is 0 Å². The second-order valence-electron chi connectivity index (χ2n) is 4.96. The Morgan fingerprint density at radius 1 is 1.30 bits per heavy atom. The molecule has 0 saturated heterocycles. The van der Waals surface area contributed by atoms with Gasteiger partial charge in [0, 0.05) is 28.0 Å². The summed E-state index contributed by atoms with van der Waals surface area (Å²) in [5.74, 6) is 0.612. The molecule has 0 amide bonds. The lowest BCUT2D eigenvalue weighted by molar-refractivity contribution is 0.151. The Morgan fingerprint density at radius 2 is 2.10 bits per heavy atom. The van der Waals surface area contributed by atoms with E-state index in [1.54, 1.807) is 11.8 Å². The van der Waals surface area contributed by atoms with Gasteiger partial charge in [-0.2, -0.15) is 0 Å². The van der Waals surface area contributed by atoms with Crippen molar-refractivity contribution in [2.45, 2.75) is 23.3 Å². The van der Waals surface area contributed by atoms with Crippen LogP contribution in [0.5, 0.6) is 0 Å². The maximum absolute atomic E-state index is 13.3. The number of hydrogen-bond donors (Lipinski definition) is 1. The Bertz CT molecular complexity index is 632. The van der Waals surface area contributed by atoms with E-state index in [0.717, 1.165) is 5.75 Å². The number of hydrogen-bond acceptors (Lipinski definition) is 2. The molecule has 1 heterocycles. The van der Waals surface area contributed by atoms with Gasteiger partial charge in [-0.25, -0.2) is 4.39 Å². The smallest absolute Gasteiger partial charge is 0.123 e. The summed E-state index contributed by atoms with van der Waals surface area (Å²) in [5, 5.41) is 11.0. The molecule has 0 bridgehead atoms. The van der Waals surface area contributed by atoms with Crippen molar-refractivity contribution in [3.63, 3.8) is 0 Å². The van der Waals surface area contributed by atoms with E-state index in [2.05, 4.69) is 12.1 Å². The number of halogens is 2. The van der Waals surface area contributed by atoms with Crippen LogP contribution in [0.4, 0.5) is 4.39 Å². The standard InChI is InChI=1S/C16H14ClFOS/c17-14-6-5-11(18)7-10(14)8-15(19)13-9-20-16-4-2-1-3-12(13)16/h1-7,13,15,19H,8-9H2. The lowest BCUT2D eigenvalue weighted by Gasteiger charge is -2.19. The molecule has 2 atom stereocenters. The van der Waals surface area contributed by atoms with Gasteiger partial charge in [-0.15, -0.1) is 11.8 Å². The van der Waals surface area contributed by atoms with Crippen molar-refractivity contribution in [2.24, 2.45) is 0 Å². The van der Waals surface area contributed by atoms with Crippen LogP contribution < -0.4 is 0 Å². The fraction of sp³-hybridized carbons (Fsp3) is 0.250. The van der Waals surface area contributed by atoms with Crippen LogP contribution in [-0.2, 0) is 6.42 Å². The molecular weight excluding hydrogens is 295 g/mol. The molecule has 104 valence electrons. The van der Waals surface area contributed by atoms with Gasteiger partial charge in [-0.1, -0.05) is 29.8 Å². The molecule has 2 aromatic carbocycles. The largest absolute Gasteiger partial charge is 0.392 e. The minimum Gasteiger partial charge on any atom is -0.392 e. The maximum Gasteiger partial charge on any atom is 0.123 e. The first-order chi connectivity index (χ1) is 9.65. The monoisotopic (exact) mass is 308 g/mol. The average Bonchev–Trinajstić information content (AvgIpc) is 2.87. The van der Waals surface area contributed by atoms with Gasteiger partial charge in [-0.3, -0.25) is 0 Å². The van der Waals surface area contributed by atoms with Crippen LogP contribution in [0, 0.1) is 5.82 Å². The van der Waals surface area contributed by atoms with E-state index < -0.39 is 6.10 Å². The van der Waals surface area contributed by atoms with E-state index in [1.807, 2.05) is 12.1 Å². The third kappa shape index (κ3) is 2.71. The summed E-state index contributed by atoms with van der Waals surface area (Å²) in [5.41, 5.74) is 1.84. The van der Waals surface area contributed by atoms with Gasteiger partial charge >= 0.3 is 0 Å². The maximum atomic E-state index is 13.3. The molecule has 0 saturated carbocycles. The molecule has 0 aliphatic carbocycles. The van der Waals surface area contributed by atoms with Crippen LogP contribution in [0.3, 0.4) is 0 Å². The Kier molecular flexibility index (Phi) is 4.01. The van der Waals surface area contributed by atoms with Crippen molar-refractivity contribution < 1.29 is 9.50 Å². The van der Waals surface area contributed by atoms with E-state index in [1.165, 1.54) is 28.7 Å². The molecule has 3 rings (SSSR count). The highest BCUT2D eigenvalue weighted by atomic mass is 35.5. The van der Waals surface area contributed by atoms with E-state index in [9.17, 15) is 9.50 Å². The topological polar surface area (TPSA) is 20.2 Å². The molecular formula is C16H14ClFOS. The Balaban J connectivity index is 1.81. The third-order valence-electron chi connectivity index (χ3n) is 3.64. The highest BCUT2D eigenvalue weighted by molar-refractivity contribution is 7.99. The number of aliphatic hydroxyl groups excluding tert-OH is 1. The first kappa shape index (κ1) is 13.9. The summed E-state index contributed by atoms with van der Waals surface area (Å²) in [4.78, 5) is 1.22. The Hall–Kier alpha value is -1.03. The van der Waals surface area contributed by atoms with Crippen LogP contribution in [0.2, 0.25) is 5.02 Å². The number of aliphatic hydroxyl groups is 1. The molecule has 0 aromatic heterocycles. The molecule has 1 nitrogen and oxygen atoms in total. The minimum atomic E-state index is -0.551. The number of benzene rings is 2. The summed E-state index contributed by atoms with van der Waals surface area (Å²) >= 11 is 7.82. The van der Waals surface area contributed by atoms with E-state index in [4.69, 9.17) is 11.6 Å². The Labute approximate surface area is 126 Å². The molecule has 2 unspecified atom stereocenters. The Morgan fingerprint density at radius 3 is 2.95 bits per heavy atom. The van der Waals surface area contributed by atoms with E-state index in [0.29, 0.717) is 17.0 Å². The molecule has 0 radical (unpaired) electrons. The SMILES string of the molecule is OC(Cc1cc(F)ccc1Cl)C1CSc2ccccc21. The fourth-order valence-electron chi connectivity index (χ4n) is 2.57. The first-order valence-corrected chi connectivity index (χ1v) is 7.85. The second-order valence-corrected chi connectivity index (χ2v) is 6.43. The molecule has 1 N–H and O–H groups in total. The van der Waals surface area contributed by atoms with Crippen molar-refractivity contribution in [1.29, 1.82) is 0 Å². The summed E-state index contributed by atoms with van der Waals surface area (Å²) in [6, 6.07) is 12.4. The zero-order chi connectivity index (χ0) is 14.1. The summed E-state index contributed by atoms with van der Waals surface area (Å²) in [7, 11) is 0. The predicted octanol–water partition coefficient (Wildman–Crippen LogP) is 4.27. The number of fused-ring (bicyclic) bond motifs is 1. The highest BCUT2D eigenvalue weighted by Crippen LogP contribution is 2.41. The molecule has 20 heavy (non-hydrogen) atoms. The normalized spacial score (nSPS) is 18.9.